The number of hydrogen-bond donors (Lipinski definition) is 2. The summed E-state index contributed by atoms with van der Waals surface area (Å²) in [6, 6.07) is 12.1. The van der Waals surface area contributed by atoms with Crippen molar-refractivity contribution in [1.82, 2.24) is 10.2 Å². The van der Waals surface area contributed by atoms with Crippen LogP contribution < -0.4 is 10.0 Å². The van der Waals surface area contributed by atoms with Gasteiger partial charge in [-0.15, -0.1) is 0 Å². The Balaban J connectivity index is 1.82. The summed E-state index contributed by atoms with van der Waals surface area (Å²) in [5.41, 5.74) is 2.09. The summed E-state index contributed by atoms with van der Waals surface area (Å²) < 4.78 is 25.8. The zero-order chi connectivity index (χ0) is 22.6. The summed E-state index contributed by atoms with van der Waals surface area (Å²) in [6.45, 7) is 4.44. The zero-order valence-corrected chi connectivity index (χ0v) is 19.9. The molecule has 1 amide bonds. The van der Waals surface area contributed by atoms with Crippen LogP contribution in [0.4, 0.5) is 5.69 Å². The first kappa shape index (κ1) is 23.9. The molecular formula is C22H27Cl2N3O3S. The average Bonchev–Trinajstić information content (AvgIpc) is 3.21. The smallest absolute Gasteiger partial charge is 0.229 e. The van der Waals surface area contributed by atoms with Crippen molar-refractivity contribution in [2.24, 2.45) is 0 Å². The molecule has 0 aromatic heterocycles. The first-order valence-electron chi connectivity index (χ1n) is 10.2. The van der Waals surface area contributed by atoms with Crippen molar-refractivity contribution in [3.8, 4) is 0 Å². The molecule has 1 heterocycles. The van der Waals surface area contributed by atoms with Crippen molar-refractivity contribution in [1.29, 1.82) is 0 Å². The van der Waals surface area contributed by atoms with Crippen LogP contribution in [0, 0.1) is 0 Å². The fourth-order valence-corrected chi connectivity index (χ4v) is 4.58. The third-order valence-electron chi connectivity index (χ3n) is 5.39. The van der Waals surface area contributed by atoms with Crippen LogP contribution in [0.3, 0.4) is 0 Å². The lowest BCUT2D eigenvalue weighted by molar-refractivity contribution is -0.123. The lowest BCUT2D eigenvalue weighted by Crippen LogP contribution is -2.38. The minimum Gasteiger partial charge on any atom is -0.347 e. The number of carbonyl (C=O) groups excluding carboxylic acids is 1. The topological polar surface area (TPSA) is 78.5 Å². The zero-order valence-electron chi connectivity index (χ0n) is 17.6. The summed E-state index contributed by atoms with van der Waals surface area (Å²) in [7, 11) is -3.39. The van der Waals surface area contributed by atoms with Crippen LogP contribution in [0.1, 0.15) is 42.9 Å². The van der Waals surface area contributed by atoms with Crippen LogP contribution in [-0.2, 0) is 14.8 Å². The van der Waals surface area contributed by atoms with Crippen molar-refractivity contribution < 1.29 is 13.2 Å². The van der Waals surface area contributed by atoms with E-state index in [2.05, 4.69) is 14.9 Å². The van der Waals surface area contributed by atoms with E-state index >= 15 is 0 Å². The first-order valence-corrected chi connectivity index (χ1v) is 12.8. The summed E-state index contributed by atoms with van der Waals surface area (Å²) in [5, 5.41) is 4.00. The minimum absolute atomic E-state index is 0.135. The summed E-state index contributed by atoms with van der Waals surface area (Å²) in [4.78, 5) is 15.4. The molecule has 2 N–H and O–H groups in total. The molecule has 0 spiro atoms. The Morgan fingerprint density at radius 3 is 2.42 bits per heavy atom. The molecule has 1 saturated heterocycles. The molecule has 0 radical (unpaired) electrons. The van der Waals surface area contributed by atoms with Gasteiger partial charge in [0, 0.05) is 12.2 Å². The third kappa shape index (κ3) is 6.84. The van der Waals surface area contributed by atoms with Gasteiger partial charge in [-0.1, -0.05) is 41.4 Å². The Labute approximate surface area is 194 Å². The van der Waals surface area contributed by atoms with Crippen molar-refractivity contribution in [3.05, 3.63) is 63.6 Å². The number of likely N-dealkylation sites (tertiary alicyclic amines) is 1. The monoisotopic (exact) mass is 483 g/mol. The normalized spacial score (nSPS) is 16.6. The number of amides is 1. The maximum Gasteiger partial charge on any atom is 0.229 e. The Morgan fingerprint density at radius 2 is 1.77 bits per heavy atom. The third-order valence-corrected chi connectivity index (χ3v) is 6.73. The van der Waals surface area contributed by atoms with E-state index in [-0.39, 0.29) is 11.9 Å². The van der Waals surface area contributed by atoms with E-state index in [0.29, 0.717) is 22.3 Å². The molecule has 1 aliphatic heterocycles. The SMILES string of the molecule is CC(C(=O)NC(CN1CCCC1)c1cccc(NS(C)(=O)=O)c1)c1ccc(Cl)c(Cl)c1. The van der Waals surface area contributed by atoms with Crippen LogP contribution in [-0.4, -0.2) is 45.1 Å². The molecule has 1 fully saturated rings. The molecule has 0 saturated carbocycles. The van der Waals surface area contributed by atoms with E-state index in [1.54, 1.807) is 36.4 Å². The second-order valence-electron chi connectivity index (χ2n) is 7.96. The van der Waals surface area contributed by atoms with Crippen LogP contribution in [0.2, 0.25) is 10.0 Å². The van der Waals surface area contributed by atoms with E-state index in [1.165, 1.54) is 0 Å². The van der Waals surface area contributed by atoms with Gasteiger partial charge in [0.1, 0.15) is 0 Å². The second-order valence-corrected chi connectivity index (χ2v) is 10.5. The summed E-state index contributed by atoms with van der Waals surface area (Å²) in [6.07, 6.45) is 3.38. The number of hydrogen-bond acceptors (Lipinski definition) is 4. The Bertz CT molecular complexity index is 1040. The van der Waals surface area contributed by atoms with Gasteiger partial charge < -0.3 is 10.2 Å². The highest BCUT2D eigenvalue weighted by molar-refractivity contribution is 7.92. The van der Waals surface area contributed by atoms with Crippen molar-refractivity contribution in [2.45, 2.75) is 31.7 Å². The van der Waals surface area contributed by atoms with E-state index in [0.717, 1.165) is 43.3 Å². The van der Waals surface area contributed by atoms with Gasteiger partial charge in [0.2, 0.25) is 15.9 Å². The van der Waals surface area contributed by atoms with Crippen LogP contribution in [0.15, 0.2) is 42.5 Å². The number of carbonyl (C=O) groups is 1. The van der Waals surface area contributed by atoms with Gasteiger partial charge in [-0.25, -0.2) is 8.42 Å². The molecule has 168 valence electrons. The first-order chi connectivity index (χ1) is 14.6. The molecule has 2 aromatic carbocycles. The highest BCUT2D eigenvalue weighted by Crippen LogP contribution is 2.28. The Kier molecular flexibility index (Phi) is 7.86. The molecule has 2 atom stereocenters. The molecule has 2 unspecified atom stereocenters. The maximum absolute atomic E-state index is 13.1. The maximum atomic E-state index is 13.1. The fourth-order valence-electron chi connectivity index (χ4n) is 3.72. The molecule has 6 nitrogen and oxygen atoms in total. The molecule has 3 rings (SSSR count). The summed E-state index contributed by atoms with van der Waals surface area (Å²) >= 11 is 12.1. The van der Waals surface area contributed by atoms with E-state index in [1.807, 2.05) is 13.0 Å². The predicted octanol–water partition coefficient (Wildman–Crippen LogP) is 4.42. The number of nitrogens with zero attached hydrogens (tertiary/aromatic N) is 1. The fraction of sp³-hybridized carbons (Fsp3) is 0.409. The molecule has 0 bridgehead atoms. The van der Waals surface area contributed by atoms with Crippen LogP contribution in [0.5, 0.6) is 0 Å². The lowest BCUT2D eigenvalue weighted by Gasteiger charge is -2.27. The quantitative estimate of drug-likeness (QED) is 0.582. The van der Waals surface area contributed by atoms with E-state index in [4.69, 9.17) is 23.2 Å². The predicted molar refractivity (Wildman–Crippen MR) is 126 cm³/mol. The van der Waals surface area contributed by atoms with Gasteiger partial charge in [-0.05, 0) is 68.2 Å². The molecule has 2 aromatic rings. The number of sulfonamides is 1. The van der Waals surface area contributed by atoms with Crippen LogP contribution >= 0.6 is 23.2 Å². The number of rotatable bonds is 8. The second kappa shape index (κ2) is 10.2. The molecule has 9 heteroatoms. The molecule has 0 aliphatic carbocycles. The van der Waals surface area contributed by atoms with E-state index in [9.17, 15) is 13.2 Å². The highest BCUT2D eigenvalue weighted by atomic mass is 35.5. The van der Waals surface area contributed by atoms with Gasteiger partial charge in [-0.2, -0.15) is 0 Å². The van der Waals surface area contributed by atoms with Crippen molar-refractivity contribution in [2.75, 3.05) is 30.6 Å². The molecule has 1 aliphatic rings. The minimum atomic E-state index is -3.39. The lowest BCUT2D eigenvalue weighted by atomic mass is 9.98. The standard InChI is InChI=1S/C22H27Cl2N3O3S/c1-15(16-8-9-19(23)20(24)13-16)22(28)25-21(14-27-10-3-4-11-27)17-6-5-7-18(12-17)26-31(2,29)30/h5-9,12-13,15,21,26H,3-4,10-11,14H2,1-2H3,(H,25,28). The van der Waals surface area contributed by atoms with Gasteiger partial charge in [0.15, 0.2) is 0 Å². The van der Waals surface area contributed by atoms with Crippen LogP contribution in [0.25, 0.3) is 0 Å². The number of halogens is 2. The van der Waals surface area contributed by atoms with Gasteiger partial charge in [0.05, 0.1) is 28.3 Å². The number of nitrogens with one attached hydrogen (secondary N) is 2. The number of benzene rings is 2. The number of anilines is 1. The van der Waals surface area contributed by atoms with E-state index < -0.39 is 15.9 Å². The van der Waals surface area contributed by atoms with Gasteiger partial charge >= 0.3 is 0 Å². The molecule has 31 heavy (non-hydrogen) atoms. The van der Waals surface area contributed by atoms with Gasteiger partial charge in [0.25, 0.3) is 0 Å². The largest absolute Gasteiger partial charge is 0.347 e. The summed E-state index contributed by atoms with van der Waals surface area (Å²) in [5.74, 6) is -0.558. The van der Waals surface area contributed by atoms with Crippen molar-refractivity contribution in [3.63, 3.8) is 0 Å². The molecular weight excluding hydrogens is 457 g/mol. The Hall–Kier alpha value is -1.80. The average molecular weight is 484 g/mol. The Morgan fingerprint density at radius 1 is 1.06 bits per heavy atom. The highest BCUT2D eigenvalue weighted by Gasteiger charge is 2.24. The van der Waals surface area contributed by atoms with Gasteiger partial charge in [-0.3, -0.25) is 9.52 Å². The van der Waals surface area contributed by atoms with Crippen molar-refractivity contribution >= 4 is 44.8 Å².